The van der Waals surface area contributed by atoms with E-state index in [1.54, 1.807) is 28.9 Å². The number of carboxylic acids is 1. The van der Waals surface area contributed by atoms with E-state index in [-0.39, 0.29) is 11.8 Å². The Morgan fingerprint density at radius 1 is 1.21 bits per heavy atom. The molecule has 1 aliphatic rings. The Labute approximate surface area is 196 Å². The highest BCUT2D eigenvalue weighted by Crippen LogP contribution is 2.35. The maximum absolute atomic E-state index is 11.1. The summed E-state index contributed by atoms with van der Waals surface area (Å²) in [5, 5.41) is 22.6. The molecule has 174 valence electrons. The van der Waals surface area contributed by atoms with Gasteiger partial charge in [0.25, 0.3) is 0 Å². The second-order valence-electron chi connectivity index (χ2n) is 8.50. The molecule has 4 aromatic rings. The number of benzene rings is 2. The monoisotopic (exact) mass is 458 g/mol. The van der Waals surface area contributed by atoms with Crippen molar-refractivity contribution < 1.29 is 14.6 Å². The number of ether oxygens (including phenoxy) is 1. The third kappa shape index (κ3) is 3.94. The number of nitrogens with zero attached hydrogens (tertiary/aromatic N) is 5. The number of aromatic nitrogens is 5. The summed E-state index contributed by atoms with van der Waals surface area (Å²) in [6.07, 6.45) is 5.00. The van der Waals surface area contributed by atoms with E-state index in [9.17, 15) is 4.79 Å². The molecule has 9 nitrogen and oxygen atoms in total. The van der Waals surface area contributed by atoms with Crippen LogP contribution >= 0.6 is 0 Å². The largest absolute Gasteiger partial charge is 0.478 e. The zero-order chi connectivity index (χ0) is 23.8. The van der Waals surface area contributed by atoms with E-state index < -0.39 is 5.97 Å². The van der Waals surface area contributed by atoms with Crippen LogP contribution in [-0.2, 0) is 11.8 Å². The highest BCUT2D eigenvalue weighted by atomic mass is 16.5. The van der Waals surface area contributed by atoms with E-state index in [4.69, 9.17) is 9.84 Å². The van der Waals surface area contributed by atoms with Crippen molar-refractivity contribution in [1.29, 1.82) is 0 Å². The number of rotatable bonds is 6. The fourth-order valence-corrected chi connectivity index (χ4v) is 4.33. The smallest absolute Gasteiger partial charge is 0.335 e. The molecule has 0 bridgehead atoms. The molecule has 0 spiro atoms. The topological polar surface area (TPSA) is 107 Å². The number of allylic oxidation sites excluding steroid dienone is 1. The maximum atomic E-state index is 11.1. The Hall–Kier alpha value is -3.98. The van der Waals surface area contributed by atoms with Gasteiger partial charge in [-0.3, -0.25) is 0 Å². The molecule has 2 aromatic heterocycles. The molecule has 1 aliphatic heterocycles. The Bertz CT molecular complexity index is 1380. The summed E-state index contributed by atoms with van der Waals surface area (Å²) in [5.74, 6) is 0.0910. The SMILES string of the molecule is C=C(C)c1c(Nc2nc(-c3ccc(C(=O)O)cc3)nn2C)ccc2c1cnn2C1CCCCO1. The van der Waals surface area contributed by atoms with E-state index in [0.717, 1.165) is 59.2 Å². The molecule has 0 aliphatic carbocycles. The molecular formula is C25H26N6O3. The molecule has 34 heavy (non-hydrogen) atoms. The van der Waals surface area contributed by atoms with E-state index in [2.05, 4.69) is 27.1 Å². The summed E-state index contributed by atoms with van der Waals surface area (Å²) in [6, 6.07) is 10.5. The molecule has 1 atom stereocenters. The molecule has 1 fully saturated rings. The molecule has 9 heteroatoms. The van der Waals surface area contributed by atoms with Gasteiger partial charge in [-0.1, -0.05) is 18.7 Å². The van der Waals surface area contributed by atoms with Gasteiger partial charge in [0.2, 0.25) is 5.95 Å². The van der Waals surface area contributed by atoms with Crippen molar-refractivity contribution in [2.24, 2.45) is 7.05 Å². The van der Waals surface area contributed by atoms with Gasteiger partial charge in [0, 0.05) is 35.9 Å². The van der Waals surface area contributed by atoms with Crippen molar-refractivity contribution in [3.8, 4) is 11.4 Å². The van der Waals surface area contributed by atoms with Crippen LogP contribution in [0.15, 0.2) is 49.2 Å². The van der Waals surface area contributed by atoms with E-state index in [1.165, 1.54) is 0 Å². The van der Waals surface area contributed by atoms with Crippen molar-refractivity contribution in [3.63, 3.8) is 0 Å². The molecule has 2 N–H and O–H groups in total. The van der Waals surface area contributed by atoms with Gasteiger partial charge >= 0.3 is 5.97 Å². The van der Waals surface area contributed by atoms with Crippen molar-refractivity contribution in [1.82, 2.24) is 24.5 Å². The van der Waals surface area contributed by atoms with Crippen LogP contribution in [-0.4, -0.2) is 42.2 Å². The fourth-order valence-electron chi connectivity index (χ4n) is 4.33. The van der Waals surface area contributed by atoms with E-state index in [1.807, 2.05) is 37.0 Å². The van der Waals surface area contributed by atoms with Crippen LogP contribution in [0.4, 0.5) is 11.6 Å². The molecule has 0 radical (unpaired) electrons. The first kappa shape index (κ1) is 21.8. The van der Waals surface area contributed by atoms with Crippen LogP contribution in [0.1, 0.15) is 48.3 Å². The van der Waals surface area contributed by atoms with Gasteiger partial charge in [-0.2, -0.15) is 10.1 Å². The lowest BCUT2D eigenvalue weighted by Gasteiger charge is -2.23. The van der Waals surface area contributed by atoms with Crippen LogP contribution in [0.2, 0.25) is 0 Å². The Balaban J connectivity index is 1.48. The summed E-state index contributed by atoms with van der Waals surface area (Å²) in [6.45, 7) is 6.93. The van der Waals surface area contributed by atoms with Crippen molar-refractivity contribution in [2.75, 3.05) is 11.9 Å². The minimum absolute atomic E-state index is 0.0446. The second kappa shape index (κ2) is 8.75. The molecule has 5 rings (SSSR count). The minimum Gasteiger partial charge on any atom is -0.478 e. The predicted molar refractivity (Wildman–Crippen MR) is 130 cm³/mol. The summed E-state index contributed by atoms with van der Waals surface area (Å²) < 4.78 is 9.57. The number of aromatic carboxylic acids is 1. The lowest BCUT2D eigenvalue weighted by Crippen LogP contribution is -2.18. The predicted octanol–water partition coefficient (Wildman–Crippen LogP) is 5.01. The number of carboxylic acid groups (broad SMARTS) is 1. The molecule has 0 amide bonds. The average molecular weight is 459 g/mol. The second-order valence-corrected chi connectivity index (χ2v) is 8.50. The van der Waals surface area contributed by atoms with E-state index in [0.29, 0.717) is 11.8 Å². The number of hydrogen-bond donors (Lipinski definition) is 2. The van der Waals surface area contributed by atoms with Gasteiger partial charge in [0.1, 0.15) is 0 Å². The molecule has 1 unspecified atom stereocenters. The third-order valence-electron chi connectivity index (χ3n) is 6.04. The quantitative estimate of drug-likeness (QED) is 0.418. The number of hydrogen-bond acceptors (Lipinski definition) is 6. The summed E-state index contributed by atoms with van der Waals surface area (Å²) in [7, 11) is 1.81. The van der Waals surface area contributed by atoms with Crippen molar-refractivity contribution in [3.05, 3.63) is 60.3 Å². The fraction of sp³-hybridized carbons (Fsp3) is 0.280. The summed E-state index contributed by atoms with van der Waals surface area (Å²) in [4.78, 5) is 15.7. The highest BCUT2D eigenvalue weighted by Gasteiger charge is 2.21. The number of anilines is 2. The lowest BCUT2D eigenvalue weighted by molar-refractivity contribution is -0.0366. The average Bonchev–Trinajstić information content (AvgIpc) is 3.43. The standard InChI is InChI=1S/C25H26N6O3/c1-15(2)22-18-14-26-31(21-6-4-5-13-34-21)20(18)12-11-19(22)27-25-28-23(29-30(25)3)16-7-9-17(10-8-16)24(32)33/h7-12,14,21H,1,4-6,13H2,2-3H3,(H,32,33)(H,27,28,29). The van der Waals surface area contributed by atoms with E-state index >= 15 is 0 Å². The molecule has 0 saturated carbocycles. The lowest BCUT2D eigenvalue weighted by atomic mass is 10.0. The normalized spacial score (nSPS) is 16.0. The first-order chi connectivity index (χ1) is 16.4. The molecule has 3 heterocycles. The van der Waals surface area contributed by atoms with Gasteiger partial charge in [0.05, 0.1) is 17.3 Å². The Morgan fingerprint density at radius 2 is 2.00 bits per heavy atom. The highest BCUT2D eigenvalue weighted by molar-refractivity contribution is 5.97. The molecule has 1 saturated heterocycles. The third-order valence-corrected chi connectivity index (χ3v) is 6.04. The Morgan fingerprint density at radius 3 is 2.68 bits per heavy atom. The summed E-state index contributed by atoms with van der Waals surface area (Å²) in [5.41, 5.74) is 4.69. The summed E-state index contributed by atoms with van der Waals surface area (Å²) >= 11 is 0. The van der Waals surface area contributed by atoms with Crippen molar-refractivity contribution >= 4 is 34.1 Å². The number of aryl methyl sites for hydroxylation is 1. The Kier molecular flexibility index (Phi) is 5.62. The zero-order valence-corrected chi connectivity index (χ0v) is 19.2. The van der Waals surface area contributed by atoms with Crippen LogP contribution in [0.25, 0.3) is 27.9 Å². The molecular weight excluding hydrogens is 432 g/mol. The number of fused-ring (bicyclic) bond motifs is 1. The first-order valence-corrected chi connectivity index (χ1v) is 11.2. The first-order valence-electron chi connectivity index (χ1n) is 11.2. The minimum atomic E-state index is -0.969. The maximum Gasteiger partial charge on any atom is 0.335 e. The van der Waals surface area contributed by atoms with Crippen molar-refractivity contribution in [2.45, 2.75) is 32.4 Å². The van der Waals surface area contributed by atoms with Gasteiger partial charge in [0.15, 0.2) is 12.1 Å². The van der Waals surface area contributed by atoms with Gasteiger partial charge in [-0.25, -0.2) is 14.2 Å². The van der Waals surface area contributed by atoms with Crippen LogP contribution in [0.3, 0.4) is 0 Å². The van der Waals surface area contributed by atoms with Crippen LogP contribution < -0.4 is 5.32 Å². The van der Waals surface area contributed by atoms with Gasteiger partial charge in [-0.15, -0.1) is 5.10 Å². The molecule has 2 aromatic carbocycles. The zero-order valence-electron chi connectivity index (χ0n) is 19.2. The van der Waals surface area contributed by atoms with Crippen LogP contribution in [0.5, 0.6) is 0 Å². The van der Waals surface area contributed by atoms with Gasteiger partial charge < -0.3 is 15.2 Å². The van der Waals surface area contributed by atoms with Gasteiger partial charge in [-0.05, 0) is 56.0 Å². The number of nitrogens with one attached hydrogen (secondary N) is 1. The number of carbonyl (C=O) groups is 1. The van der Waals surface area contributed by atoms with Crippen LogP contribution in [0, 0.1) is 0 Å².